The summed E-state index contributed by atoms with van der Waals surface area (Å²) in [6, 6.07) is 7.49. The van der Waals surface area contributed by atoms with Crippen LogP contribution < -0.4 is 0 Å². The van der Waals surface area contributed by atoms with Crippen LogP contribution in [0.25, 0.3) is 10.8 Å². The second kappa shape index (κ2) is 4.88. The van der Waals surface area contributed by atoms with Crippen molar-refractivity contribution < 1.29 is 9.66 Å². The standard InChI is InChI=1S/C13H14N2O2S/c1-8-5-4-6-9-7-10(18(3)17)12(15-14-2)13(16)11(8)9/h4-7,16-17H,3H2,1-2H3. The first-order valence-electron chi connectivity index (χ1n) is 5.34. The predicted molar refractivity (Wildman–Crippen MR) is 76.4 cm³/mol. The van der Waals surface area contributed by atoms with Crippen LogP contribution in [-0.4, -0.2) is 22.6 Å². The minimum Gasteiger partial charge on any atom is -0.505 e. The van der Waals surface area contributed by atoms with Crippen molar-refractivity contribution in [3.05, 3.63) is 29.8 Å². The number of phenolic OH excluding ortho intramolecular Hbond substituents is 1. The van der Waals surface area contributed by atoms with E-state index in [-0.39, 0.29) is 5.75 Å². The van der Waals surface area contributed by atoms with Crippen LogP contribution in [0, 0.1) is 6.92 Å². The molecule has 0 aliphatic heterocycles. The molecule has 0 saturated heterocycles. The lowest BCUT2D eigenvalue weighted by molar-refractivity contribution is 0.481. The largest absolute Gasteiger partial charge is 0.505 e. The van der Waals surface area contributed by atoms with E-state index in [1.165, 1.54) is 7.05 Å². The Balaban J connectivity index is 2.95. The van der Waals surface area contributed by atoms with Gasteiger partial charge in [0.2, 0.25) is 0 Å². The number of fused-ring (bicyclic) bond motifs is 1. The van der Waals surface area contributed by atoms with Gasteiger partial charge in [0.15, 0.2) is 5.75 Å². The first kappa shape index (κ1) is 12.7. The molecule has 2 aromatic rings. The highest BCUT2D eigenvalue weighted by molar-refractivity contribution is 8.09. The van der Waals surface area contributed by atoms with Crippen molar-refractivity contribution in [3.63, 3.8) is 0 Å². The molecule has 0 saturated carbocycles. The van der Waals surface area contributed by atoms with Gasteiger partial charge < -0.3 is 9.66 Å². The summed E-state index contributed by atoms with van der Waals surface area (Å²) in [5, 5.41) is 19.5. The number of nitrogens with zero attached hydrogens (tertiary/aromatic N) is 2. The van der Waals surface area contributed by atoms with E-state index in [0.717, 1.165) is 16.3 Å². The zero-order chi connectivity index (χ0) is 13.3. The van der Waals surface area contributed by atoms with E-state index in [9.17, 15) is 9.66 Å². The molecule has 0 heterocycles. The van der Waals surface area contributed by atoms with Gasteiger partial charge in [-0.3, -0.25) is 0 Å². The number of azo groups is 1. The van der Waals surface area contributed by atoms with Crippen LogP contribution in [-0.2, 0) is 0 Å². The van der Waals surface area contributed by atoms with Gasteiger partial charge in [0, 0.05) is 12.4 Å². The Morgan fingerprint density at radius 1 is 1.33 bits per heavy atom. The Morgan fingerprint density at radius 3 is 2.67 bits per heavy atom. The summed E-state index contributed by atoms with van der Waals surface area (Å²) < 4.78 is 9.69. The number of hydrogen-bond donors (Lipinski definition) is 2. The number of aromatic hydroxyl groups is 1. The normalized spacial score (nSPS) is 13.3. The molecule has 0 spiro atoms. The molecule has 94 valence electrons. The first-order valence-corrected chi connectivity index (χ1v) is 6.69. The second-order valence-electron chi connectivity index (χ2n) is 3.91. The van der Waals surface area contributed by atoms with Crippen molar-refractivity contribution in [3.8, 4) is 5.75 Å². The monoisotopic (exact) mass is 262 g/mol. The molecular formula is C13H14N2O2S. The van der Waals surface area contributed by atoms with Gasteiger partial charge in [0.25, 0.3) is 0 Å². The smallest absolute Gasteiger partial charge is 0.152 e. The Morgan fingerprint density at radius 2 is 2.06 bits per heavy atom. The molecule has 5 heteroatoms. The van der Waals surface area contributed by atoms with Crippen LogP contribution in [0.4, 0.5) is 5.69 Å². The van der Waals surface area contributed by atoms with Gasteiger partial charge in [-0.05, 0) is 40.6 Å². The minimum absolute atomic E-state index is 0.0430. The molecule has 0 amide bonds. The molecule has 4 nitrogen and oxygen atoms in total. The van der Waals surface area contributed by atoms with Crippen LogP contribution >= 0.6 is 10.8 Å². The van der Waals surface area contributed by atoms with Crippen LogP contribution in [0.3, 0.4) is 0 Å². The third-order valence-electron chi connectivity index (χ3n) is 2.74. The molecule has 0 aliphatic carbocycles. The van der Waals surface area contributed by atoms with Crippen molar-refractivity contribution >= 4 is 33.1 Å². The van der Waals surface area contributed by atoms with Gasteiger partial charge in [-0.2, -0.15) is 10.2 Å². The van der Waals surface area contributed by atoms with Crippen molar-refractivity contribution in [2.75, 3.05) is 7.05 Å². The average Bonchev–Trinajstić information content (AvgIpc) is 2.32. The van der Waals surface area contributed by atoms with Crippen molar-refractivity contribution in [2.24, 2.45) is 10.2 Å². The maximum Gasteiger partial charge on any atom is 0.152 e. The minimum atomic E-state index is -1.23. The van der Waals surface area contributed by atoms with E-state index in [1.54, 1.807) is 6.07 Å². The molecule has 2 N–H and O–H groups in total. The molecule has 0 aliphatic rings. The van der Waals surface area contributed by atoms with Crippen LogP contribution in [0.15, 0.2) is 39.4 Å². The highest BCUT2D eigenvalue weighted by Crippen LogP contribution is 2.44. The maximum atomic E-state index is 10.3. The Labute approximate surface area is 108 Å². The lowest BCUT2D eigenvalue weighted by atomic mass is 10.0. The quantitative estimate of drug-likeness (QED) is 0.632. The van der Waals surface area contributed by atoms with Crippen molar-refractivity contribution in [1.82, 2.24) is 0 Å². The SMILES string of the molecule is C=S(O)c1cc2cccc(C)c2c(O)c1N=NC. The lowest BCUT2D eigenvalue weighted by Crippen LogP contribution is -1.84. The molecule has 1 unspecified atom stereocenters. The fourth-order valence-electron chi connectivity index (χ4n) is 1.96. The summed E-state index contributed by atoms with van der Waals surface area (Å²) in [5.41, 5.74) is 1.24. The lowest BCUT2D eigenvalue weighted by Gasteiger charge is -2.11. The summed E-state index contributed by atoms with van der Waals surface area (Å²) in [6.07, 6.45) is 0. The molecule has 1 atom stereocenters. The summed E-state index contributed by atoms with van der Waals surface area (Å²) in [7, 11) is 0.289. The van der Waals surface area contributed by atoms with E-state index < -0.39 is 10.8 Å². The average molecular weight is 262 g/mol. The summed E-state index contributed by atoms with van der Waals surface area (Å²) in [4.78, 5) is 0.496. The fourth-order valence-corrected chi connectivity index (χ4v) is 2.58. The molecule has 18 heavy (non-hydrogen) atoms. The molecule has 2 rings (SSSR count). The van der Waals surface area contributed by atoms with E-state index in [1.807, 2.05) is 25.1 Å². The number of benzene rings is 2. The highest BCUT2D eigenvalue weighted by atomic mass is 32.2. The van der Waals surface area contributed by atoms with Crippen molar-refractivity contribution in [2.45, 2.75) is 11.8 Å². The highest BCUT2D eigenvalue weighted by Gasteiger charge is 2.15. The number of phenols is 1. The summed E-state index contributed by atoms with van der Waals surface area (Å²) >= 11 is 0. The first-order chi connectivity index (χ1) is 8.56. The Kier molecular flexibility index (Phi) is 3.45. The predicted octanol–water partition coefficient (Wildman–Crippen LogP) is 4.10. The van der Waals surface area contributed by atoms with E-state index in [4.69, 9.17) is 0 Å². The van der Waals surface area contributed by atoms with Crippen LogP contribution in [0.5, 0.6) is 5.75 Å². The van der Waals surface area contributed by atoms with Crippen LogP contribution in [0.2, 0.25) is 0 Å². The fraction of sp³-hybridized carbons (Fsp3) is 0.154. The second-order valence-corrected chi connectivity index (χ2v) is 5.08. The molecule has 0 radical (unpaired) electrons. The van der Waals surface area contributed by atoms with E-state index in [2.05, 4.69) is 16.1 Å². The molecule has 0 bridgehead atoms. The van der Waals surface area contributed by atoms with Gasteiger partial charge in [-0.25, -0.2) is 0 Å². The summed E-state index contributed by atoms with van der Waals surface area (Å²) in [5.74, 6) is 3.64. The zero-order valence-corrected chi connectivity index (χ0v) is 11.0. The van der Waals surface area contributed by atoms with E-state index in [0.29, 0.717) is 10.6 Å². The number of hydrogen-bond acceptors (Lipinski definition) is 4. The molecule has 0 aromatic heterocycles. The summed E-state index contributed by atoms with van der Waals surface area (Å²) in [6.45, 7) is 1.91. The van der Waals surface area contributed by atoms with Gasteiger partial charge in [0.05, 0.1) is 4.90 Å². The molecule has 2 aromatic carbocycles. The van der Waals surface area contributed by atoms with Gasteiger partial charge in [-0.1, -0.05) is 18.2 Å². The topological polar surface area (TPSA) is 65.2 Å². The Hall–Kier alpha value is -1.72. The van der Waals surface area contributed by atoms with Gasteiger partial charge in [-0.15, -0.1) is 0 Å². The van der Waals surface area contributed by atoms with Crippen LogP contribution in [0.1, 0.15) is 5.56 Å². The Bertz CT molecular complexity index is 666. The number of rotatable bonds is 2. The molecule has 0 fully saturated rings. The third-order valence-corrected chi connectivity index (χ3v) is 3.56. The third kappa shape index (κ3) is 2.02. The number of aryl methyl sites for hydroxylation is 1. The molecular weight excluding hydrogens is 248 g/mol. The van der Waals surface area contributed by atoms with Gasteiger partial charge in [0.1, 0.15) is 5.69 Å². The van der Waals surface area contributed by atoms with Crippen molar-refractivity contribution in [1.29, 1.82) is 0 Å². The van der Waals surface area contributed by atoms with Gasteiger partial charge >= 0.3 is 0 Å². The maximum absolute atomic E-state index is 10.3. The van der Waals surface area contributed by atoms with E-state index >= 15 is 0 Å². The zero-order valence-electron chi connectivity index (χ0n) is 10.2.